The van der Waals surface area contributed by atoms with Crippen LogP contribution in [0.3, 0.4) is 0 Å². The summed E-state index contributed by atoms with van der Waals surface area (Å²) in [6.45, 7) is 1.14. The quantitative estimate of drug-likeness (QED) is 0.833. The molecule has 1 aromatic carbocycles. The van der Waals surface area contributed by atoms with Crippen molar-refractivity contribution < 1.29 is 9.53 Å². The number of carbonyl (C=O) groups is 1. The average molecular weight is 315 g/mol. The molecule has 0 N–H and O–H groups in total. The Hall–Kier alpha value is -1.07. The van der Waals surface area contributed by atoms with Crippen LogP contribution in [0.4, 0.5) is 0 Å². The molecule has 0 unspecified atom stereocenters. The van der Waals surface area contributed by atoms with Crippen LogP contribution < -0.4 is 4.74 Å². The molecule has 0 saturated carbocycles. The summed E-state index contributed by atoms with van der Waals surface area (Å²) in [5, 5.41) is 0. The minimum atomic E-state index is 0.102. The Balaban J connectivity index is 2.62. The van der Waals surface area contributed by atoms with E-state index >= 15 is 0 Å². The lowest BCUT2D eigenvalue weighted by atomic mass is 10.2. The maximum atomic E-state index is 11.6. The molecule has 1 aromatic rings. The van der Waals surface area contributed by atoms with Crippen LogP contribution in [0.2, 0.25) is 0 Å². The Bertz CT molecular complexity index is 421. The summed E-state index contributed by atoms with van der Waals surface area (Å²) in [6.07, 6.45) is 0. The van der Waals surface area contributed by atoms with Crippen molar-refractivity contribution in [3.8, 4) is 5.75 Å². The fraction of sp³-hybridized carbons (Fsp3) is 0.462. The van der Waals surface area contributed by atoms with E-state index in [-0.39, 0.29) is 5.91 Å². The summed E-state index contributed by atoms with van der Waals surface area (Å²) in [5.41, 5.74) is 1.14. The first kappa shape index (κ1) is 15.0. The third kappa shape index (κ3) is 4.31. The third-order valence-corrected chi connectivity index (χ3v) is 3.19. The van der Waals surface area contributed by atoms with E-state index in [9.17, 15) is 4.79 Å². The molecule has 0 fully saturated rings. The first-order valence-corrected chi connectivity index (χ1v) is 6.44. The minimum absolute atomic E-state index is 0.102. The number of hydrogen-bond donors (Lipinski definition) is 0. The largest absolute Gasteiger partial charge is 0.496 e. The van der Waals surface area contributed by atoms with Gasteiger partial charge < -0.3 is 9.64 Å². The highest BCUT2D eigenvalue weighted by molar-refractivity contribution is 9.10. The van der Waals surface area contributed by atoms with Crippen LogP contribution in [0.1, 0.15) is 5.56 Å². The number of rotatable bonds is 5. The van der Waals surface area contributed by atoms with E-state index in [1.807, 2.05) is 30.1 Å². The minimum Gasteiger partial charge on any atom is -0.496 e. The van der Waals surface area contributed by atoms with Gasteiger partial charge in [-0.2, -0.15) is 0 Å². The molecule has 1 amide bonds. The van der Waals surface area contributed by atoms with E-state index in [4.69, 9.17) is 4.74 Å². The van der Waals surface area contributed by atoms with Gasteiger partial charge in [0.25, 0.3) is 0 Å². The summed E-state index contributed by atoms with van der Waals surface area (Å²) in [7, 11) is 7.10. The number of benzene rings is 1. The van der Waals surface area contributed by atoms with Crippen molar-refractivity contribution in [2.75, 3.05) is 34.8 Å². The smallest absolute Gasteiger partial charge is 0.236 e. The zero-order valence-corrected chi connectivity index (χ0v) is 12.8. The van der Waals surface area contributed by atoms with Gasteiger partial charge >= 0.3 is 0 Å². The number of carbonyl (C=O) groups excluding carboxylic acids is 1. The van der Waals surface area contributed by atoms with Gasteiger partial charge in [-0.15, -0.1) is 0 Å². The molecule has 100 valence electrons. The van der Waals surface area contributed by atoms with E-state index in [0.717, 1.165) is 22.3 Å². The van der Waals surface area contributed by atoms with Crippen molar-refractivity contribution in [1.82, 2.24) is 9.80 Å². The van der Waals surface area contributed by atoms with Crippen LogP contribution in [-0.2, 0) is 11.3 Å². The van der Waals surface area contributed by atoms with Gasteiger partial charge in [0.2, 0.25) is 5.91 Å². The van der Waals surface area contributed by atoms with Crippen LogP contribution in [-0.4, -0.2) is 50.5 Å². The molecular weight excluding hydrogens is 296 g/mol. The molecule has 0 aliphatic carbocycles. The lowest BCUT2D eigenvalue weighted by Crippen LogP contribution is -2.34. The SMILES string of the molecule is COc1ccc(CN(C)CC(=O)N(C)C)cc1Br. The van der Waals surface area contributed by atoms with Crippen LogP contribution >= 0.6 is 15.9 Å². The Morgan fingerprint density at radius 3 is 2.50 bits per heavy atom. The molecule has 0 aromatic heterocycles. The molecule has 0 atom stereocenters. The van der Waals surface area contributed by atoms with Gasteiger partial charge in [-0.3, -0.25) is 9.69 Å². The standard InChI is InChI=1S/C13H19BrN2O2/c1-15(2)13(17)9-16(3)8-10-5-6-12(18-4)11(14)7-10/h5-7H,8-9H2,1-4H3. The Morgan fingerprint density at radius 2 is 2.00 bits per heavy atom. The second kappa shape index (κ2) is 6.75. The summed E-state index contributed by atoms with van der Waals surface area (Å²) in [5.74, 6) is 0.913. The van der Waals surface area contributed by atoms with Crippen LogP contribution in [0.15, 0.2) is 22.7 Å². The van der Waals surface area contributed by atoms with E-state index < -0.39 is 0 Å². The highest BCUT2D eigenvalue weighted by Gasteiger charge is 2.09. The summed E-state index contributed by atoms with van der Waals surface area (Å²) in [4.78, 5) is 15.1. The third-order valence-electron chi connectivity index (χ3n) is 2.57. The summed E-state index contributed by atoms with van der Waals surface area (Å²) >= 11 is 3.45. The van der Waals surface area contributed by atoms with E-state index in [1.54, 1.807) is 26.1 Å². The number of amides is 1. The average Bonchev–Trinajstić information content (AvgIpc) is 2.28. The van der Waals surface area contributed by atoms with Gasteiger partial charge in [-0.25, -0.2) is 0 Å². The predicted octanol–water partition coefficient (Wildman–Crippen LogP) is 1.98. The molecule has 0 saturated heterocycles. The Labute approximate surface area is 117 Å². The highest BCUT2D eigenvalue weighted by Crippen LogP contribution is 2.25. The van der Waals surface area contributed by atoms with Crippen LogP contribution in [0, 0.1) is 0 Å². The van der Waals surface area contributed by atoms with Gasteiger partial charge in [0.1, 0.15) is 5.75 Å². The van der Waals surface area contributed by atoms with Crippen LogP contribution in [0.5, 0.6) is 5.75 Å². The van der Waals surface area contributed by atoms with Crippen LogP contribution in [0.25, 0.3) is 0 Å². The maximum Gasteiger partial charge on any atom is 0.236 e. The molecule has 18 heavy (non-hydrogen) atoms. The lowest BCUT2D eigenvalue weighted by molar-refractivity contribution is -0.129. The van der Waals surface area contributed by atoms with E-state index in [1.165, 1.54) is 0 Å². The number of ether oxygens (including phenoxy) is 1. The fourth-order valence-electron chi connectivity index (χ4n) is 1.55. The highest BCUT2D eigenvalue weighted by atomic mass is 79.9. The predicted molar refractivity (Wildman–Crippen MR) is 75.7 cm³/mol. The first-order valence-electron chi connectivity index (χ1n) is 5.65. The summed E-state index contributed by atoms with van der Waals surface area (Å²) < 4.78 is 6.11. The zero-order chi connectivity index (χ0) is 13.7. The van der Waals surface area contributed by atoms with Gasteiger partial charge in [-0.05, 0) is 40.7 Å². The van der Waals surface area contributed by atoms with Crippen molar-refractivity contribution in [1.29, 1.82) is 0 Å². The molecule has 1 rings (SSSR count). The molecule has 4 nitrogen and oxygen atoms in total. The Kier molecular flexibility index (Phi) is 5.62. The number of likely N-dealkylation sites (N-methyl/N-ethyl adjacent to an activating group) is 2. The number of halogens is 1. The molecule has 0 aliphatic heterocycles. The maximum absolute atomic E-state index is 11.6. The van der Waals surface area contributed by atoms with Gasteiger partial charge in [-0.1, -0.05) is 6.07 Å². The normalized spacial score (nSPS) is 10.6. The van der Waals surface area contributed by atoms with Crippen molar-refractivity contribution >= 4 is 21.8 Å². The molecule has 5 heteroatoms. The van der Waals surface area contributed by atoms with Gasteiger partial charge in [0, 0.05) is 20.6 Å². The van der Waals surface area contributed by atoms with Gasteiger partial charge in [0.15, 0.2) is 0 Å². The lowest BCUT2D eigenvalue weighted by Gasteiger charge is -2.19. The summed E-state index contributed by atoms with van der Waals surface area (Å²) in [6, 6.07) is 5.93. The second-order valence-corrected chi connectivity index (χ2v) is 5.28. The molecule has 0 radical (unpaired) electrons. The molecular formula is C13H19BrN2O2. The fourth-order valence-corrected chi connectivity index (χ4v) is 2.14. The molecule has 0 spiro atoms. The van der Waals surface area contributed by atoms with E-state index in [2.05, 4.69) is 15.9 Å². The number of nitrogens with zero attached hydrogens (tertiary/aromatic N) is 2. The first-order chi connectivity index (χ1) is 8.43. The second-order valence-electron chi connectivity index (χ2n) is 4.43. The van der Waals surface area contributed by atoms with Crippen molar-refractivity contribution in [2.24, 2.45) is 0 Å². The van der Waals surface area contributed by atoms with E-state index in [0.29, 0.717) is 6.54 Å². The molecule has 0 bridgehead atoms. The Morgan fingerprint density at radius 1 is 1.33 bits per heavy atom. The number of hydrogen-bond acceptors (Lipinski definition) is 3. The monoisotopic (exact) mass is 314 g/mol. The van der Waals surface area contributed by atoms with Crippen molar-refractivity contribution in [2.45, 2.75) is 6.54 Å². The van der Waals surface area contributed by atoms with Crippen molar-refractivity contribution in [3.05, 3.63) is 28.2 Å². The topological polar surface area (TPSA) is 32.8 Å². The van der Waals surface area contributed by atoms with Gasteiger partial charge in [0.05, 0.1) is 18.1 Å². The molecule has 0 aliphatic rings. The molecule has 0 heterocycles. The van der Waals surface area contributed by atoms with Crippen molar-refractivity contribution in [3.63, 3.8) is 0 Å². The number of methoxy groups -OCH3 is 1. The zero-order valence-electron chi connectivity index (χ0n) is 11.2.